The average Bonchev–Trinajstić information content (AvgIpc) is 2.06. The smallest absolute Gasteiger partial charge is 0.379 e. The number of alkyl halides is 3. The molecule has 13 heavy (non-hydrogen) atoms. The number of nitrogens with one attached hydrogen (secondary N) is 1. The number of hydrogen-bond acceptors (Lipinski definition) is 3. The fraction of sp³-hybridized carbons (Fsp3) is 1.00. The lowest BCUT2D eigenvalue weighted by molar-refractivity contribution is 0.00819. The van der Waals surface area contributed by atoms with Gasteiger partial charge in [0.1, 0.15) is 0 Å². The van der Waals surface area contributed by atoms with Gasteiger partial charge in [0.15, 0.2) is 0 Å². The second-order valence-electron chi connectivity index (χ2n) is 2.56. The molecule has 0 aromatic heterocycles. The third-order valence-corrected chi connectivity index (χ3v) is 1.63. The fourth-order valence-electron chi connectivity index (χ4n) is 1.08. The van der Waals surface area contributed by atoms with E-state index in [2.05, 4.69) is 10.2 Å². The molecule has 80 valence electrons. The Morgan fingerprint density at radius 2 is 1.69 bits per heavy atom. The molecule has 6 heteroatoms. The molecule has 0 amide bonds. The van der Waals surface area contributed by atoms with E-state index >= 15 is 0 Å². The second kappa shape index (κ2) is 8.28. The van der Waals surface area contributed by atoms with Crippen molar-refractivity contribution in [2.75, 3.05) is 39.3 Å². The van der Waals surface area contributed by atoms with E-state index < -0.39 is 6.68 Å². The summed E-state index contributed by atoms with van der Waals surface area (Å²) in [6.07, 6.45) is 0. The quantitative estimate of drug-likeness (QED) is 0.661. The molecule has 1 rings (SSSR count). The average molecular weight is 200 g/mol. The van der Waals surface area contributed by atoms with Crippen LogP contribution < -0.4 is 5.32 Å². The number of aliphatic hydroxyl groups is 1. The van der Waals surface area contributed by atoms with E-state index in [0.29, 0.717) is 6.61 Å². The zero-order valence-corrected chi connectivity index (χ0v) is 7.35. The van der Waals surface area contributed by atoms with E-state index in [1.807, 2.05) is 0 Å². The maximum absolute atomic E-state index is 9.67. The number of hydrogen-bond donors (Lipinski definition) is 2. The Morgan fingerprint density at radius 1 is 1.23 bits per heavy atom. The monoisotopic (exact) mass is 200 g/mol. The van der Waals surface area contributed by atoms with Crippen molar-refractivity contribution in [1.29, 1.82) is 0 Å². The molecule has 0 bridgehead atoms. The van der Waals surface area contributed by atoms with Crippen molar-refractivity contribution in [2.24, 2.45) is 0 Å². The van der Waals surface area contributed by atoms with Crippen LogP contribution in [0.5, 0.6) is 0 Å². The number of nitrogens with zero attached hydrogens (tertiary/aromatic N) is 1. The summed E-state index contributed by atoms with van der Waals surface area (Å²) < 4.78 is 29.0. The van der Waals surface area contributed by atoms with Crippen LogP contribution in [0.1, 0.15) is 0 Å². The van der Waals surface area contributed by atoms with Crippen LogP contribution in [-0.4, -0.2) is 56.0 Å². The molecule has 1 heterocycles. The first kappa shape index (κ1) is 12.7. The highest BCUT2D eigenvalue weighted by atomic mass is 19.4. The molecular formula is C7H15F3N2O. The van der Waals surface area contributed by atoms with Gasteiger partial charge in [0, 0.05) is 32.7 Å². The first-order valence-electron chi connectivity index (χ1n) is 4.13. The lowest BCUT2D eigenvalue weighted by Crippen LogP contribution is -2.44. The topological polar surface area (TPSA) is 35.5 Å². The number of β-amino-alcohol motifs (C(OH)–C–C–N with tert-alkyl or cyclic N) is 1. The summed E-state index contributed by atoms with van der Waals surface area (Å²) >= 11 is 0. The van der Waals surface area contributed by atoms with Crippen molar-refractivity contribution in [1.82, 2.24) is 10.2 Å². The minimum atomic E-state index is -3.67. The number of aliphatic hydroxyl groups excluding tert-OH is 1. The predicted molar refractivity (Wildman–Crippen MR) is 43.5 cm³/mol. The molecule has 1 aliphatic rings. The van der Waals surface area contributed by atoms with E-state index in [0.717, 1.165) is 32.7 Å². The molecule has 1 saturated heterocycles. The van der Waals surface area contributed by atoms with E-state index in [1.165, 1.54) is 0 Å². The first-order chi connectivity index (χ1) is 6.16. The van der Waals surface area contributed by atoms with Gasteiger partial charge >= 0.3 is 6.68 Å². The van der Waals surface area contributed by atoms with E-state index in [1.54, 1.807) is 0 Å². The Bertz CT molecular complexity index is 104. The Morgan fingerprint density at radius 3 is 2.08 bits per heavy atom. The first-order valence-corrected chi connectivity index (χ1v) is 4.13. The van der Waals surface area contributed by atoms with Crippen LogP contribution in [0.25, 0.3) is 0 Å². The SMILES string of the molecule is FC(F)F.OCCN1CCNCC1. The molecule has 1 fully saturated rings. The lowest BCUT2D eigenvalue weighted by Gasteiger charge is -2.25. The molecule has 0 radical (unpaired) electrons. The maximum atomic E-state index is 9.67. The van der Waals surface area contributed by atoms with Crippen LogP contribution in [0.4, 0.5) is 13.2 Å². The summed E-state index contributed by atoms with van der Waals surface area (Å²) in [6, 6.07) is 0. The van der Waals surface area contributed by atoms with Crippen molar-refractivity contribution < 1.29 is 18.3 Å². The van der Waals surface area contributed by atoms with Gasteiger partial charge in [0.05, 0.1) is 6.61 Å². The van der Waals surface area contributed by atoms with Crippen molar-refractivity contribution in [3.63, 3.8) is 0 Å². The van der Waals surface area contributed by atoms with Crippen LogP contribution in [0.3, 0.4) is 0 Å². The highest BCUT2D eigenvalue weighted by Crippen LogP contribution is 1.89. The van der Waals surface area contributed by atoms with Gasteiger partial charge < -0.3 is 10.4 Å². The second-order valence-corrected chi connectivity index (χ2v) is 2.56. The van der Waals surface area contributed by atoms with Gasteiger partial charge in [0.25, 0.3) is 0 Å². The Kier molecular flexibility index (Phi) is 8.07. The highest BCUT2D eigenvalue weighted by molar-refractivity contribution is 4.66. The summed E-state index contributed by atoms with van der Waals surface area (Å²) in [6.45, 7) is 1.77. The van der Waals surface area contributed by atoms with Gasteiger partial charge in [-0.1, -0.05) is 0 Å². The maximum Gasteiger partial charge on any atom is 0.379 e. The molecule has 0 aromatic carbocycles. The zero-order valence-electron chi connectivity index (χ0n) is 7.35. The molecule has 0 aromatic rings. The molecule has 0 aliphatic carbocycles. The molecule has 0 saturated carbocycles. The number of rotatable bonds is 2. The lowest BCUT2D eigenvalue weighted by atomic mass is 10.4. The van der Waals surface area contributed by atoms with Gasteiger partial charge in [0.2, 0.25) is 0 Å². The van der Waals surface area contributed by atoms with Crippen molar-refractivity contribution >= 4 is 0 Å². The van der Waals surface area contributed by atoms with Crippen molar-refractivity contribution in [2.45, 2.75) is 6.68 Å². The Labute approximate surface area is 75.5 Å². The van der Waals surface area contributed by atoms with Crippen LogP contribution in [0, 0.1) is 0 Å². The Hall–Kier alpha value is -0.330. The van der Waals surface area contributed by atoms with Crippen LogP contribution in [0.15, 0.2) is 0 Å². The zero-order chi connectivity index (χ0) is 10.1. The van der Waals surface area contributed by atoms with E-state index in [9.17, 15) is 13.2 Å². The molecule has 1 aliphatic heterocycles. The highest BCUT2D eigenvalue weighted by Gasteiger charge is 2.06. The summed E-state index contributed by atoms with van der Waals surface area (Å²) in [5.74, 6) is 0. The van der Waals surface area contributed by atoms with E-state index in [4.69, 9.17) is 5.11 Å². The molecule has 0 spiro atoms. The molecule has 3 nitrogen and oxygen atoms in total. The predicted octanol–water partition coefficient (Wildman–Crippen LogP) is 0.0624. The van der Waals surface area contributed by atoms with Gasteiger partial charge in [-0.25, -0.2) is 0 Å². The normalized spacial score (nSPS) is 18.2. The molecular weight excluding hydrogens is 185 g/mol. The van der Waals surface area contributed by atoms with Crippen LogP contribution in [0.2, 0.25) is 0 Å². The van der Waals surface area contributed by atoms with Gasteiger partial charge in [-0.3, -0.25) is 4.90 Å². The number of piperazine rings is 1. The summed E-state index contributed by atoms with van der Waals surface area (Å²) in [7, 11) is 0. The molecule has 0 unspecified atom stereocenters. The largest absolute Gasteiger partial charge is 0.395 e. The van der Waals surface area contributed by atoms with Gasteiger partial charge in [-0.2, -0.15) is 13.2 Å². The summed E-state index contributed by atoms with van der Waals surface area (Å²) in [5.41, 5.74) is 0. The van der Waals surface area contributed by atoms with Crippen molar-refractivity contribution in [3.05, 3.63) is 0 Å². The van der Waals surface area contributed by atoms with Crippen LogP contribution in [-0.2, 0) is 0 Å². The van der Waals surface area contributed by atoms with Crippen molar-refractivity contribution in [3.8, 4) is 0 Å². The summed E-state index contributed by atoms with van der Waals surface area (Å²) in [4.78, 5) is 2.26. The number of halogens is 3. The summed E-state index contributed by atoms with van der Waals surface area (Å²) in [5, 5.41) is 11.8. The fourth-order valence-corrected chi connectivity index (χ4v) is 1.08. The van der Waals surface area contributed by atoms with E-state index in [-0.39, 0.29) is 0 Å². The minimum absolute atomic E-state index is 0.292. The Balaban J connectivity index is 0.000000310. The van der Waals surface area contributed by atoms with Gasteiger partial charge in [-0.05, 0) is 0 Å². The standard InChI is InChI=1S/C6H14N2O.CHF3/c9-6-5-8-3-1-7-2-4-8;2-1(3)4/h7,9H,1-6H2;1H. The third kappa shape index (κ3) is 9.59. The van der Waals surface area contributed by atoms with Gasteiger partial charge in [-0.15, -0.1) is 0 Å². The molecule has 0 atom stereocenters. The molecule has 2 N–H and O–H groups in total. The minimum Gasteiger partial charge on any atom is -0.395 e. The van der Waals surface area contributed by atoms with Crippen LogP contribution >= 0.6 is 0 Å². The third-order valence-electron chi connectivity index (χ3n) is 1.63.